The van der Waals surface area contributed by atoms with Gasteiger partial charge in [0, 0.05) is 5.56 Å². The molecular weight excluding hydrogens is 250 g/mol. The summed E-state index contributed by atoms with van der Waals surface area (Å²) in [5.74, 6) is 1.94. The number of hydrogen-bond donors (Lipinski definition) is 1. The second-order valence-electron chi connectivity index (χ2n) is 5.39. The fourth-order valence-electron chi connectivity index (χ4n) is 2.67. The number of rotatable bonds is 4. The molecule has 0 fully saturated rings. The van der Waals surface area contributed by atoms with E-state index >= 15 is 0 Å². The van der Waals surface area contributed by atoms with Crippen LogP contribution in [0.4, 0.5) is 0 Å². The van der Waals surface area contributed by atoms with Gasteiger partial charge in [-0.3, -0.25) is 0 Å². The summed E-state index contributed by atoms with van der Waals surface area (Å²) in [6, 6.07) is 4.22. The van der Waals surface area contributed by atoms with E-state index in [9.17, 15) is 0 Å². The van der Waals surface area contributed by atoms with Crippen molar-refractivity contribution in [2.24, 2.45) is 0 Å². The summed E-state index contributed by atoms with van der Waals surface area (Å²) < 4.78 is 10.8. The van der Waals surface area contributed by atoms with Crippen LogP contribution in [0.15, 0.2) is 12.1 Å². The Labute approximate surface area is 122 Å². The van der Waals surface area contributed by atoms with Crippen molar-refractivity contribution in [3.63, 3.8) is 0 Å². The molecule has 0 saturated carbocycles. The second kappa shape index (κ2) is 8.15. The lowest BCUT2D eigenvalue weighted by Crippen LogP contribution is -2.14. The highest BCUT2D eigenvalue weighted by atomic mass is 16.7. The number of hydrogen-bond acceptors (Lipinski definition) is 3. The van der Waals surface area contributed by atoms with E-state index in [1.54, 1.807) is 0 Å². The predicted molar refractivity (Wildman–Crippen MR) is 82.7 cm³/mol. The molecule has 3 rings (SSSR count). The van der Waals surface area contributed by atoms with E-state index in [2.05, 4.69) is 25.2 Å². The molecule has 0 unspecified atom stereocenters. The van der Waals surface area contributed by atoms with Crippen LogP contribution in [0.3, 0.4) is 0 Å². The van der Waals surface area contributed by atoms with E-state index in [1.807, 2.05) is 6.07 Å². The first kappa shape index (κ1) is 15.2. The zero-order valence-electron chi connectivity index (χ0n) is 12.8. The minimum Gasteiger partial charge on any atom is -0.454 e. The first-order valence-electron chi connectivity index (χ1n) is 7.97. The van der Waals surface area contributed by atoms with E-state index < -0.39 is 0 Å². The molecule has 112 valence electrons. The van der Waals surface area contributed by atoms with Gasteiger partial charge in [-0.1, -0.05) is 19.9 Å². The molecule has 0 aromatic heterocycles. The third-order valence-electron chi connectivity index (χ3n) is 3.72. The van der Waals surface area contributed by atoms with Crippen LogP contribution >= 0.6 is 0 Å². The molecule has 1 aromatic rings. The highest BCUT2D eigenvalue weighted by Gasteiger charge is 2.21. The molecule has 0 spiro atoms. The minimum absolute atomic E-state index is 0.395. The number of fused-ring (bicyclic) bond motifs is 3. The first-order chi connectivity index (χ1) is 9.86. The van der Waals surface area contributed by atoms with Crippen molar-refractivity contribution in [2.75, 3.05) is 19.9 Å². The number of aryl methyl sites for hydroxylation is 1. The molecule has 0 bridgehead atoms. The monoisotopic (exact) mass is 277 g/mol. The van der Waals surface area contributed by atoms with E-state index in [0.29, 0.717) is 6.79 Å². The maximum Gasteiger partial charge on any atom is 0.231 e. The summed E-state index contributed by atoms with van der Waals surface area (Å²) in [5, 5.41) is 3.28. The van der Waals surface area contributed by atoms with Crippen LogP contribution in [0, 0.1) is 0 Å². The van der Waals surface area contributed by atoms with Gasteiger partial charge in [0.1, 0.15) is 0 Å². The number of ether oxygens (including phenoxy) is 2. The summed E-state index contributed by atoms with van der Waals surface area (Å²) >= 11 is 0. The van der Waals surface area contributed by atoms with Gasteiger partial charge < -0.3 is 14.8 Å². The quantitative estimate of drug-likeness (QED) is 0.851. The van der Waals surface area contributed by atoms with Crippen LogP contribution in [0.2, 0.25) is 0 Å². The Morgan fingerprint density at radius 2 is 1.75 bits per heavy atom. The van der Waals surface area contributed by atoms with Crippen LogP contribution in [-0.2, 0) is 12.8 Å². The highest BCUT2D eigenvalue weighted by molar-refractivity contribution is 5.52. The van der Waals surface area contributed by atoms with E-state index in [1.165, 1.54) is 56.3 Å². The van der Waals surface area contributed by atoms with Gasteiger partial charge in [-0.2, -0.15) is 0 Å². The summed E-state index contributed by atoms with van der Waals surface area (Å²) in [4.78, 5) is 0. The van der Waals surface area contributed by atoms with Gasteiger partial charge in [0.2, 0.25) is 6.79 Å². The Morgan fingerprint density at radius 3 is 2.50 bits per heavy atom. The molecule has 3 nitrogen and oxygen atoms in total. The molecule has 2 aliphatic rings. The van der Waals surface area contributed by atoms with Crippen LogP contribution in [-0.4, -0.2) is 19.9 Å². The molecule has 1 N–H and O–H groups in total. The van der Waals surface area contributed by atoms with E-state index in [4.69, 9.17) is 9.47 Å². The van der Waals surface area contributed by atoms with Gasteiger partial charge in [-0.25, -0.2) is 0 Å². The van der Waals surface area contributed by atoms with Gasteiger partial charge in [0.05, 0.1) is 0 Å². The molecule has 1 aliphatic heterocycles. The predicted octanol–water partition coefficient (Wildman–Crippen LogP) is 3.69. The molecule has 0 amide bonds. The Morgan fingerprint density at radius 1 is 1.00 bits per heavy atom. The average molecular weight is 277 g/mol. The lowest BCUT2D eigenvalue weighted by Gasteiger charge is -2.16. The zero-order chi connectivity index (χ0) is 14.2. The number of nitrogens with one attached hydrogen (secondary N) is 1. The summed E-state index contributed by atoms with van der Waals surface area (Å²) in [7, 11) is 0. The van der Waals surface area contributed by atoms with E-state index in [-0.39, 0.29) is 0 Å². The maximum absolute atomic E-state index is 5.47. The minimum atomic E-state index is 0.395. The molecule has 0 saturated heterocycles. The van der Waals surface area contributed by atoms with Crippen molar-refractivity contribution >= 4 is 0 Å². The maximum atomic E-state index is 5.47. The molecule has 1 aliphatic carbocycles. The van der Waals surface area contributed by atoms with Crippen molar-refractivity contribution in [3.05, 3.63) is 23.3 Å². The SMILES string of the molecule is CCCNCCC.c1cc2c(c3c1CCCC3)OCO2. The molecule has 20 heavy (non-hydrogen) atoms. The van der Waals surface area contributed by atoms with Gasteiger partial charge in [0.25, 0.3) is 0 Å². The standard InChI is InChI=1S/C11H12O2.C6H15N/c1-2-4-9-8(3-1)5-6-10-11(9)13-7-12-10;1-3-5-7-6-4-2/h5-6H,1-4,7H2;7H,3-6H2,1-2H3. The van der Waals surface area contributed by atoms with Crippen molar-refractivity contribution in [3.8, 4) is 11.5 Å². The molecule has 0 atom stereocenters. The van der Waals surface area contributed by atoms with Crippen LogP contribution in [0.25, 0.3) is 0 Å². The van der Waals surface area contributed by atoms with Crippen molar-refractivity contribution in [2.45, 2.75) is 52.4 Å². The molecule has 1 aromatic carbocycles. The van der Waals surface area contributed by atoms with Gasteiger partial charge >= 0.3 is 0 Å². The fourth-order valence-corrected chi connectivity index (χ4v) is 2.67. The van der Waals surface area contributed by atoms with Crippen molar-refractivity contribution in [1.29, 1.82) is 0 Å². The second-order valence-corrected chi connectivity index (χ2v) is 5.39. The largest absolute Gasteiger partial charge is 0.454 e. The Balaban J connectivity index is 0.000000182. The zero-order valence-corrected chi connectivity index (χ0v) is 12.8. The molecule has 3 heteroatoms. The highest BCUT2D eigenvalue weighted by Crippen LogP contribution is 2.40. The third kappa shape index (κ3) is 3.89. The first-order valence-corrected chi connectivity index (χ1v) is 7.97. The summed E-state index contributed by atoms with van der Waals surface area (Å²) in [5.41, 5.74) is 2.84. The molecule has 1 heterocycles. The van der Waals surface area contributed by atoms with Crippen LogP contribution in [0.1, 0.15) is 50.7 Å². The molecular formula is C17H27NO2. The smallest absolute Gasteiger partial charge is 0.231 e. The normalized spacial score (nSPS) is 15.3. The van der Waals surface area contributed by atoms with Crippen LogP contribution in [0.5, 0.6) is 11.5 Å². The van der Waals surface area contributed by atoms with Gasteiger partial charge in [-0.05, 0) is 63.2 Å². The average Bonchev–Trinajstić information content (AvgIpc) is 2.97. The Kier molecular flexibility index (Phi) is 6.19. The van der Waals surface area contributed by atoms with Crippen LogP contribution < -0.4 is 14.8 Å². The van der Waals surface area contributed by atoms with E-state index in [0.717, 1.165) is 17.9 Å². The Hall–Kier alpha value is -1.22. The third-order valence-corrected chi connectivity index (χ3v) is 3.72. The summed E-state index contributed by atoms with van der Waals surface area (Å²) in [6.07, 6.45) is 7.45. The molecule has 0 radical (unpaired) electrons. The fraction of sp³-hybridized carbons (Fsp3) is 0.647. The Bertz CT molecular complexity index is 414. The topological polar surface area (TPSA) is 30.5 Å². The number of benzene rings is 1. The lowest BCUT2D eigenvalue weighted by molar-refractivity contribution is 0.173. The van der Waals surface area contributed by atoms with Gasteiger partial charge in [-0.15, -0.1) is 0 Å². The van der Waals surface area contributed by atoms with Crippen molar-refractivity contribution < 1.29 is 9.47 Å². The van der Waals surface area contributed by atoms with Crippen molar-refractivity contribution in [1.82, 2.24) is 5.32 Å². The summed E-state index contributed by atoms with van der Waals surface area (Å²) in [6.45, 7) is 7.11. The van der Waals surface area contributed by atoms with Gasteiger partial charge in [0.15, 0.2) is 11.5 Å². The lowest BCUT2D eigenvalue weighted by atomic mass is 9.91.